The third-order valence-electron chi connectivity index (χ3n) is 6.73. The number of piperidine rings is 1. The van der Waals surface area contributed by atoms with Gasteiger partial charge in [0.2, 0.25) is 0 Å². The molecule has 0 bridgehead atoms. The van der Waals surface area contributed by atoms with Crippen molar-refractivity contribution in [2.45, 2.75) is 44.7 Å². The van der Waals surface area contributed by atoms with E-state index in [0.717, 1.165) is 42.0 Å². The molecule has 2 fully saturated rings. The second kappa shape index (κ2) is 9.49. The Balaban J connectivity index is 1.36. The summed E-state index contributed by atoms with van der Waals surface area (Å²) >= 11 is 0. The molecule has 33 heavy (non-hydrogen) atoms. The maximum atomic E-state index is 13.4. The van der Waals surface area contributed by atoms with Gasteiger partial charge < -0.3 is 14.0 Å². The summed E-state index contributed by atoms with van der Waals surface area (Å²) < 4.78 is 27.2. The number of hydrogen-bond donors (Lipinski definition) is 0. The minimum absolute atomic E-state index is 0.187. The number of nitrogens with zero attached hydrogens (tertiary/aromatic N) is 3. The SMILES string of the molecule is COc1cc(/C=C2/COCN3C(CCC[C@@H]3c3ccc(F)cc3)C2)ccc1-n1cnc(C)c1. The van der Waals surface area contributed by atoms with Crippen LogP contribution in [-0.4, -0.2) is 40.9 Å². The molecule has 0 saturated carbocycles. The Labute approximate surface area is 194 Å². The largest absolute Gasteiger partial charge is 0.495 e. The Morgan fingerprint density at radius 1 is 1.15 bits per heavy atom. The molecule has 2 aliphatic heterocycles. The highest BCUT2D eigenvalue weighted by Gasteiger charge is 2.33. The van der Waals surface area contributed by atoms with Crippen LogP contribution in [-0.2, 0) is 4.74 Å². The first-order chi connectivity index (χ1) is 16.1. The maximum absolute atomic E-state index is 13.4. The van der Waals surface area contributed by atoms with Crippen molar-refractivity contribution in [2.24, 2.45) is 0 Å². The minimum Gasteiger partial charge on any atom is -0.495 e. The first-order valence-corrected chi connectivity index (χ1v) is 11.6. The maximum Gasteiger partial charge on any atom is 0.143 e. The average Bonchev–Trinajstić information content (AvgIpc) is 3.15. The molecular weight excluding hydrogens is 417 g/mol. The molecule has 6 heteroatoms. The molecule has 0 amide bonds. The van der Waals surface area contributed by atoms with Crippen LogP contribution in [0.1, 0.15) is 48.5 Å². The fraction of sp³-hybridized carbons (Fsp3) is 0.370. The summed E-state index contributed by atoms with van der Waals surface area (Å²) in [7, 11) is 1.70. The Morgan fingerprint density at radius 3 is 2.76 bits per heavy atom. The lowest BCUT2D eigenvalue weighted by molar-refractivity contribution is -0.0180. The highest BCUT2D eigenvalue weighted by Crippen LogP contribution is 2.38. The predicted molar refractivity (Wildman–Crippen MR) is 127 cm³/mol. The van der Waals surface area contributed by atoms with Crippen molar-refractivity contribution in [3.63, 3.8) is 0 Å². The monoisotopic (exact) mass is 447 g/mol. The van der Waals surface area contributed by atoms with Gasteiger partial charge in [-0.2, -0.15) is 0 Å². The summed E-state index contributed by atoms with van der Waals surface area (Å²) in [5.74, 6) is 0.625. The zero-order chi connectivity index (χ0) is 22.8. The number of halogens is 1. The van der Waals surface area contributed by atoms with E-state index in [1.807, 2.05) is 29.8 Å². The van der Waals surface area contributed by atoms with E-state index in [4.69, 9.17) is 9.47 Å². The van der Waals surface area contributed by atoms with Crippen LogP contribution in [0.4, 0.5) is 4.39 Å². The van der Waals surface area contributed by atoms with E-state index in [0.29, 0.717) is 19.4 Å². The Bertz CT molecular complexity index is 1140. The summed E-state index contributed by atoms with van der Waals surface area (Å²) in [6.07, 6.45) is 10.4. The van der Waals surface area contributed by atoms with Crippen LogP contribution in [0.2, 0.25) is 0 Å². The van der Waals surface area contributed by atoms with E-state index < -0.39 is 0 Å². The predicted octanol–water partition coefficient (Wildman–Crippen LogP) is 5.69. The quantitative estimate of drug-likeness (QED) is 0.515. The number of benzene rings is 2. The summed E-state index contributed by atoms with van der Waals surface area (Å²) in [5, 5.41) is 0. The number of ether oxygens (including phenoxy) is 2. The Hall–Kier alpha value is -2.96. The molecule has 2 aromatic carbocycles. The van der Waals surface area contributed by atoms with Crippen molar-refractivity contribution in [3.05, 3.63) is 83.2 Å². The standard InChI is InChI=1S/C27H30FN3O2/c1-19-15-30(17-29-19)26-11-6-20(14-27(26)32-2)12-21-13-24-4-3-5-25(31(24)18-33-16-21)22-7-9-23(28)10-8-22/h6-12,14-15,17,24-25H,3-5,13,16,18H2,1-2H3/b21-12+/t24?,25-/m1/s1. The molecule has 0 radical (unpaired) electrons. The molecule has 2 aliphatic rings. The zero-order valence-electron chi connectivity index (χ0n) is 19.2. The minimum atomic E-state index is -0.187. The smallest absolute Gasteiger partial charge is 0.143 e. The average molecular weight is 448 g/mol. The number of rotatable bonds is 4. The number of aryl methyl sites for hydroxylation is 1. The van der Waals surface area contributed by atoms with E-state index in [2.05, 4.69) is 34.2 Å². The van der Waals surface area contributed by atoms with Gasteiger partial charge in [0, 0.05) is 18.3 Å². The van der Waals surface area contributed by atoms with Crippen LogP contribution in [0.15, 0.2) is 60.6 Å². The van der Waals surface area contributed by atoms with Gasteiger partial charge in [-0.3, -0.25) is 4.90 Å². The van der Waals surface area contributed by atoms with Crippen LogP contribution in [0.5, 0.6) is 5.75 Å². The zero-order valence-corrected chi connectivity index (χ0v) is 19.2. The fourth-order valence-corrected chi connectivity index (χ4v) is 5.12. The molecule has 0 spiro atoms. The van der Waals surface area contributed by atoms with Crippen molar-refractivity contribution in [1.82, 2.24) is 14.5 Å². The van der Waals surface area contributed by atoms with E-state index in [1.54, 1.807) is 25.6 Å². The molecule has 0 N–H and O–H groups in total. The highest BCUT2D eigenvalue weighted by atomic mass is 19.1. The van der Waals surface area contributed by atoms with E-state index >= 15 is 0 Å². The normalized spacial score (nSPS) is 22.7. The second-order valence-electron chi connectivity index (χ2n) is 9.00. The number of fused-ring (bicyclic) bond motifs is 1. The molecule has 172 valence electrons. The molecule has 5 rings (SSSR count). The fourth-order valence-electron chi connectivity index (χ4n) is 5.12. The topological polar surface area (TPSA) is 39.5 Å². The molecule has 3 aromatic rings. The number of imidazole rings is 1. The first-order valence-electron chi connectivity index (χ1n) is 11.6. The van der Waals surface area contributed by atoms with Crippen LogP contribution >= 0.6 is 0 Å². The summed E-state index contributed by atoms with van der Waals surface area (Å²) in [6, 6.07) is 13.9. The third kappa shape index (κ3) is 4.72. The lowest BCUT2D eigenvalue weighted by Crippen LogP contribution is -2.41. The molecule has 3 heterocycles. The first kappa shape index (κ1) is 21.9. The lowest BCUT2D eigenvalue weighted by atomic mass is 9.88. The van der Waals surface area contributed by atoms with Gasteiger partial charge in [-0.15, -0.1) is 0 Å². The van der Waals surface area contributed by atoms with Gasteiger partial charge in [0.15, 0.2) is 0 Å². The van der Waals surface area contributed by atoms with Crippen molar-refractivity contribution in [3.8, 4) is 11.4 Å². The van der Waals surface area contributed by atoms with Crippen molar-refractivity contribution < 1.29 is 13.9 Å². The summed E-state index contributed by atoms with van der Waals surface area (Å²) in [6.45, 7) is 3.20. The molecule has 5 nitrogen and oxygen atoms in total. The third-order valence-corrected chi connectivity index (χ3v) is 6.73. The van der Waals surface area contributed by atoms with Crippen molar-refractivity contribution in [2.75, 3.05) is 20.4 Å². The molecule has 2 atom stereocenters. The molecular formula is C27H30FN3O2. The van der Waals surface area contributed by atoms with Gasteiger partial charge in [0.05, 0.1) is 31.4 Å². The number of methoxy groups -OCH3 is 1. The summed E-state index contributed by atoms with van der Waals surface area (Å²) in [4.78, 5) is 6.78. The summed E-state index contributed by atoms with van der Waals surface area (Å²) in [5.41, 5.74) is 5.50. The lowest BCUT2D eigenvalue weighted by Gasteiger charge is -2.41. The number of hydrogen-bond acceptors (Lipinski definition) is 4. The Morgan fingerprint density at radius 2 is 2.00 bits per heavy atom. The van der Waals surface area contributed by atoms with Gasteiger partial charge in [-0.05, 0) is 73.6 Å². The highest BCUT2D eigenvalue weighted by molar-refractivity contribution is 5.60. The van der Waals surface area contributed by atoms with Crippen molar-refractivity contribution in [1.29, 1.82) is 0 Å². The van der Waals surface area contributed by atoms with Crippen LogP contribution in [0, 0.1) is 12.7 Å². The molecule has 1 aromatic heterocycles. The van der Waals surface area contributed by atoms with E-state index in [9.17, 15) is 4.39 Å². The number of aromatic nitrogens is 2. The van der Waals surface area contributed by atoms with Crippen LogP contribution in [0.25, 0.3) is 11.8 Å². The van der Waals surface area contributed by atoms with Crippen molar-refractivity contribution >= 4 is 6.08 Å². The van der Waals surface area contributed by atoms with Gasteiger partial charge in [0.25, 0.3) is 0 Å². The second-order valence-corrected chi connectivity index (χ2v) is 9.00. The van der Waals surface area contributed by atoms with Crippen LogP contribution in [0.3, 0.4) is 0 Å². The molecule has 2 saturated heterocycles. The van der Waals surface area contributed by atoms with Gasteiger partial charge in [-0.25, -0.2) is 9.37 Å². The Kier molecular flexibility index (Phi) is 6.29. The van der Waals surface area contributed by atoms with E-state index in [-0.39, 0.29) is 11.9 Å². The van der Waals surface area contributed by atoms with Crippen LogP contribution < -0.4 is 4.74 Å². The van der Waals surface area contributed by atoms with E-state index in [1.165, 1.54) is 17.6 Å². The van der Waals surface area contributed by atoms with Gasteiger partial charge in [0.1, 0.15) is 18.3 Å². The van der Waals surface area contributed by atoms with Gasteiger partial charge in [-0.1, -0.05) is 24.3 Å². The molecule has 1 unspecified atom stereocenters. The van der Waals surface area contributed by atoms with Gasteiger partial charge >= 0.3 is 0 Å². The molecule has 0 aliphatic carbocycles.